The van der Waals surface area contributed by atoms with Crippen molar-refractivity contribution in [1.29, 1.82) is 0 Å². The highest BCUT2D eigenvalue weighted by Gasteiger charge is 2.16. The normalized spacial score (nSPS) is 10.6. The zero-order chi connectivity index (χ0) is 22.9. The molecule has 1 heterocycles. The number of aryl methyl sites for hydroxylation is 1. The molecule has 1 amide bonds. The Labute approximate surface area is 194 Å². The zero-order valence-corrected chi connectivity index (χ0v) is 18.5. The van der Waals surface area contributed by atoms with E-state index in [1.807, 2.05) is 84.9 Å². The number of ether oxygens (including phenoxy) is 2. The van der Waals surface area contributed by atoms with Crippen LogP contribution in [0.4, 0.5) is 5.69 Å². The molecule has 166 valence electrons. The third kappa shape index (κ3) is 6.20. The summed E-state index contributed by atoms with van der Waals surface area (Å²) in [6, 6.07) is 31.3. The Kier molecular flexibility index (Phi) is 7.33. The lowest BCUT2D eigenvalue weighted by molar-refractivity contribution is -0.118. The van der Waals surface area contributed by atoms with Crippen molar-refractivity contribution < 1.29 is 14.3 Å². The number of hydrogen-bond acceptors (Lipinski definition) is 4. The summed E-state index contributed by atoms with van der Waals surface area (Å²) in [6.07, 6.45) is 2.21. The van der Waals surface area contributed by atoms with E-state index in [9.17, 15) is 4.79 Å². The molecule has 33 heavy (non-hydrogen) atoms. The minimum absolute atomic E-state index is 0.0739. The van der Waals surface area contributed by atoms with Crippen LogP contribution in [-0.4, -0.2) is 17.5 Å². The first-order valence-corrected chi connectivity index (χ1v) is 11.0. The van der Waals surface area contributed by atoms with Gasteiger partial charge in [-0.25, -0.2) is 4.98 Å². The third-order valence-corrected chi connectivity index (χ3v) is 5.14. The number of carbonyl (C=O) groups excluding carboxylic acids is 1. The predicted molar refractivity (Wildman–Crippen MR) is 130 cm³/mol. The van der Waals surface area contributed by atoms with Crippen LogP contribution in [0.5, 0.6) is 11.6 Å². The largest absolute Gasteiger partial charge is 0.484 e. The summed E-state index contributed by atoms with van der Waals surface area (Å²) in [4.78, 5) is 16.7. The van der Waals surface area contributed by atoms with Crippen molar-refractivity contribution in [2.45, 2.75) is 19.4 Å². The van der Waals surface area contributed by atoms with Crippen LogP contribution in [0.25, 0.3) is 0 Å². The molecule has 5 heteroatoms. The minimum Gasteiger partial charge on any atom is -0.484 e. The molecule has 0 atom stereocenters. The zero-order valence-electron chi connectivity index (χ0n) is 18.5. The number of hydrogen-bond donors (Lipinski definition) is 1. The first kappa shape index (κ1) is 22.1. The molecule has 0 radical (unpaired) electrons. The topological polar surface area (TPSA) is 60.5 Å². The molecule has 1 aromatic heterocycles. The van der Waals surface area contributed by atoms with Gasteiger partial charge in [0.2, 0.25) is 5.88 Å². The van der Waals surface area contributed by atoms with Gasteiger partial charge in [0.15, 0.2) is 12.7 Å². The summed E-state index contributed by atoms with van der Waals surface area (Å²) < 4.78 is 11.8. The van der Waals surface area contributed by atoms with Crippen LogP contribution in [0.3, 0.4) is 0 Å². The lowest BCUT2D eigenvalue weighted by Gasteiger charge is -2.19. The van der Waals surface area contributed by atoms with Crippen LogP contribution in [0.2, 0.25) is 0 Å². The lowest BCUT2D eigenvalue weighted by Crippen LogP contribution is -2.20. The molecule has 1 N–H and O–H groups in total. The Bertz CT molecular complexity index is 1120. The fourth-order valence-corrected chi connectivity index (χ4v) is 3.43. The molecule has 3 aromatic carbocycles. The number of aromatic nitrogens is 1. The molecule has 0 aliphatic rings. The van der Waals surface area contributed by atoms with Crippen molar-refractivity contribution in [1.82, 2.24) is 4.98 Å². The molecule has 0 fully saturated rings. The number of carbonyl (C=O) groups is 1. The van der Waals surface area contributed by atoms with Crippen molar-refractivity contribution in [2.75, 3.05) is 11.9 Å². The molecule has 0 aliphatic heterocycles. The van der Waals surface area contributed by atoms with Crippen LogP contribution >= 0.6 is 0 Å². The van der Waals surface area contributed by atoms with Crippen molar-refractivity contribution in [2.24, 2.45) is 0 Å². The molecule has 0 saturated heterocycles. The second-order valence-corrected chi connectivity index (χ2v) is 7.54. The van der Waals surface area contributed by atoms with Crippen molar-refractivity contribution in [3.8, 4) is 11.6 Å². The van der Waals surface area contributed by atoms with Gasteiger partial charge in [-0.2, -0.15) is 0 Å². The molecular weight excluding hydrogens is 412 g/mol. The van der Waals surface area contributed by atoms with Gasteiger partial charge in [0.1, 0.15) is 5.75 Å². The summed E-state index contributed by atoms with van der Waals surface area (Å²) in [5.74, 6) is 0.899. The van der Waals surface area contributed by atoms with Crippen LogP contribution < -0.4 is 14.8 Å². The fourth-order valence-electron chi connectivity index (χ4n) is 3.43. The van der Waals surface area contributed by atoms with Crippen LogP contribution in [0.1, 0.15) is 29.7 Å². The smallest absolute Gasteiger partial charge is 0.262 e. The molecular formula is C28H26N2O3. The van der Waals surface area contributed by atoms with Gasteiger partial charge in [0.05, 0.1) is 11.9 Å². The summed E-state index contributed by atoms with van der Waals surface area (Å²) >= 11 is 0. The maximum absolute atomic E-state index is 12.3. The van der Waals surface area contributed by atoms with Crippen molar-refractivity contribution >= 4 is 11.6 Å². The Morgan fingerprint density at radius 1 is 0.879 bits per heavy atom. The van der Waals surface area contributed by atoms with E-state index in [0.717, 1.165) is 23.1 Å². The van der Waals surface area contributed by atoms with Gasteiger partial charge in [0, 0.05) is 6.07 Å². The monoisotopic (exact) mass is 438 g/mol. The Hall–Kier alpha value is -4.12. The third-order valence-electron chi connectivity index (χ3n) is 5.14. The highest BCUT2D eigenvalue weighted by molar-refractivity contribution is 5.91. The number of nitrogens with zero attached hydrogens (tertiary/aromatic N) is 1. The SMILES string of the molecule is CCc1cccc(OCC(=O)Nc2ccc(OC(c3ccccc3)c3ccccc3)nc2)c1. The standard InChI is InChI=1S/C28H26N2O3/c1-2-21-10-9-15-25(18-21)32-20-26(31)30-24-16-17-27(29-19-24)33-28(22-11-5-3-6-12-22)23-13-7-4-8-14-23/h3-19,28H,2,20H2,1H3,(H,30,31). The van der Waals surface area contributed by atoms with E-state index in [0.29, 0.717) is 17.3 Å². The Balaban J connectivity index is 1.38. The van der Waals surface area contributed by atoms with E-state index in [-0.39, 0.29) is 18.6 Å². The minimum atomic E-state index is -0.285. The summed E-state index contributed by atoms with van der Waals surface area (Å²) in [7, 11) is 0. The second kappa shape index (κ2) is 11.0. The first-order chi connectivity index (χ1) is 16.2. The summed E-state index contributed by atoms with van der Waals surface area (Å²) in [5, 5.41) is 2.80. The van der Waals surface area contributed by atoms with E-state index in [1.165, 1.54) is 0 Å². The molecule has 4 rings (SSSR count). The second-order valence-electron chi connectivity index (χ2n) is 7.54. The summed E-state index contributed by atoms with van der Waals surface area (Å²) in [6.45, 7) is 2.00. The van der Waals surface area contributed by atoms with E-state index < -0.39 is 0 Å². The van der Waals surface area contributed by atoms with E-state index in [2.05, 4.69) is 17.2 Å². The molecule has 4 aromatic rings. The van der Waals surface area contributed by atoms with E-state index in [4.69, 9.17) is 9.47 Å². The molecule has 0 spiro atoms. The maximum Gasteiger partial charge on any atom is 0.262 e. The quantitative estimate of drug-likeness (QED) is 0.357. The van der Waals surface area contributed by atoms with Gasteiger partial charge < -0.3 is 14.8 Å². The Morgan fingerprint density at radius 2 is 1.58 bits per heavy atom. The highest BCUT2D eigenvalue weighted by atomic mass is 16.5. The number of benzene rings is 3. The number of anilines is 1. The van der Waals surface area contributed by atoms with Gasteiger partial charge in [-0.05, 0) is 41.3 Å². The predicted octanol–water partition coefficient (Wildman–Crippen LogP) is 5.83. The molecule has 0 bridgehead atoms. The summed E-state index contributed by atoms with van der Waals surface area (Å²) in [5.41, 5.74) is 3.81. The highest BCUT2D eigenvalue weighted by Crippen LogP contribution is 2.27. The number of pyridine rings is 1. The first-order valence-electron chi connectivity index (χ1n) is 11.0. The number of amides is 1. The van der Waals surface area contributed by atoms with Gasteiger partial charge in [0.25, 0.3) is 5.91 Å². The average molecular weight is 439 g/mol. The molecule has 0 aliphatic carbocycles. The lowest BCUT2D eigenvalue weighted by atomic mass is 10.0. The van der Waals surface area contributed by atoms with Crippen molar-refractivity contribution in [3.63, 3.8) is 0 Å². The van der Waals surface area contributed by atoms with E-state index >= 15 is 0 Å². The fraction of sp³-hybridized carbons (Fsp3) is 0.143. The van der Waals surface area contributed by atoms with Crippen molar-refractivity contribution in [3.05, 3.63) is 120 Å². The van der Waals surface area contributed by atoms with Gasteiger partial charge in [-0.1, -0.05) is 79.7 Å². The molecule has 5 nitrogen and oxygen atoms in total. The maximum atomic E-state index is 12.3. The van der Waals surface area contributed by atoms with Gasteiger partial charge in [-0.15, -0.1) is 0 Å². The number of nitrogens with one attached hydrogen (secondary N) is 1. The average Bonchev–Trinajstić information content (AvgIpc) is 2.88. The van der Waals surface area contributed by atoms with Crippen LogP contribution in [0, 0.1) is 0 Å². The van der Waals surface area contributed by atoms with Gasteiger partial charge in [-0.3, -0.25) is 4.79 Å². The van der Waals surface area contributed by atoms with E-state index in [1.54, 1.807) is 18.3 Å². The van der Waals surface area contributed by atoms with Crippen LogP contribution in [0.15, 0.2) is 103 Å². The Morgan fingerprint density at radius 3 is 2.18 bits per heavy atom. The molecule has 0 saturated carbocycles. The van der Waals surface area contributed by atoms with Crippen LogP contribution in [-0.2, 0) is 11.2 Å². The van der Waals surface area contributed by atoms with Gasteiger partial charge >= 0.3 is 0 Å². The number of rotatable bonds is 9. The molecule has 0 unspecified atom stereocenters.